The summed E-state index contributed by atoms with van der Waals surface area (Å²) in [5.41, 5.74) is 0. The molecule has 1 heterocycles. The van der Waals surface area contributed by atoms with Gasteiger partial charge in [-0.25, -0.2) is 14.4 Å². The van der Waals surface area contributed by atoms with Gasteiger partial charge >= 0.3 is 18.3 Å². The Labute approximate surface area is 405 Å². The minimum atomic E-state index is -1.01. The SMILES string of the molecule is CC(O)COC(=O)O[C@@H]1CC(C)CC[C@H]1C(C)C.CC1CC[C@@H](C(C)C)[C@@]2(C1)OCC(CO)O2.CC1CC[C@@H](C(C)C)[C@H](OC(=O)OCCO)C1.CC1CC[C@@H](C(C)C)[C@H](OC(=O)[C@@H](C)O)C1. The van der Waals surface area contributed by atoms with Crippen LogP contribution in [0.1, 0.15) is 174 Å². The van der Waals surface area contributed by atoms with Crippen LogP contribution in [0.25, 0.3) is 0 Å². The molecule has 6 unspecified atom stereocenters. The van der Waals surface area contributed by atoms with Crippen molar-refractivity contribution in [3.63, 3.8) is 0 Å². The van der Waals surface area contributed by atoms with Gasteiger partial charge in [0.1, 0.15) is 43.7 Å². The molecule has 0 aromatic rings. The summed E-state index contributed by atoms with van der Waals surface area (Å²) in [4.78, 5) is 34.3. The summed E-state index contributed by atoms with van der Waals surface area (Å²) in [7, 11) is 0. The van der Waals surface area contributed by atoms with Gasteiger partial charge in [-0.1, -0.05) is 109 Å². The summed E-state index contributed by atoms with van der Waals surface area (Å²) in [5, 5.41) is 36.0. The van der Waals surface area contributed by atoms with Crippen molar-refractivity contribution in [3.05, 3.63) is 0 Å². The Hall–Kier alpha value is -2.23. The number of aliphatic hydroxyl groups excluding tert-OH is 4. The van der Waals surface area contributed by atoms with Crippen LogP contribution < -0.4 is 0 Å². The predicted molar refractivity (Wildman–Crippen MR) is 259 cm³/mol. The van der Waals surface area contributed by atoms with Crippen molar-refractivity contribution in [1.82, 2.24) is 0 Å². The van der Waals surface area contributed by atoms with Gasteiger partial charge in [0, 0.05) is 12.3 Å². The monoisotopic (exact) mass is 959 g/mol. The zero-order valence-electron chi connectivity index (χ0n) is 44.3. The highest BCUT2D eigenvalue weighted by molar-refractivity contribution is 5.74. The highest BCUT2D eigenvalue weighted by Gasteiger charge is 2.51. The molecule has 1 spiro atoms. The Morgan fingerprint density at radius 2 is 1.01 bits per heavy atom. The number of ether oxygens (including phenoxy) is 7. The molecule has 5 rings (SSSR count). The second kappa shape index (κ2) is 30.5. The van der Waals surface area contributed by atoms with Gasteiger partial charge in [0.25, 0.3) is 0 Å². The maximum Gasteiger partial charge on any atom is 0.508 e. The van der Waals surface area contributed by atoms with Gasteiger partial charge in [-0.15, -0.1) is 0 Å². The van der Waals surface area contributed by atoms with Gasteiger partial charge in [-0.2, -0.15) is 0 Å². The number of carbonyl (C=O) groups is 3. The summed E-state index contributed by atoms with van der Waals surface area (Å²) in [6.07, 6.45) is 9.96. The summed E-state index contributed by atoms with van der Waals surface area (Å²) in [6, 6.07) is 0. The fourth-order valence-corrected chi connectivity index (χ4v) is 10.9. The van der Waals surface area contributed by atoms with Crippen molar-refractivity contribution in [2.75, 3.05) is 33.0 Å². The Bertz CT molecular complexity index is 1390. The molecule has 0 bridgehead atoms. The molecule has 0 radical (unpaired) electrons. The molecular formula is C53H98O14. The Kier molecular flexibility index (Phi) is 27.7. The average molecular weight is 959 g/mol. The van der Waals surface area contributed by atoms with Gasteiger partial charge in [0.15, 0.2) is 5.79 Å². The van der Waals surface area contributed by atoms with Crippen LogP contribution in [-0.2, 0) is 38.0 Å². The van der Waals surface area contributed by atoms with E-state index in [4.69, 9.17) is 53.6 Å². The Morgan fingerprint density at radius 1 is 0.582 bits per heavy atom. The first kappa shape index (κ1) is 60.9. The van der Waals surface area contributed by atoms with E-state index in [1.54, 1.807) is 6.92 Å². The largest absolute Gasteiger partial charge is 0.508 e. The van der Waals surface area contributed by atoms with Crippen LogP contribution in [0, 0.1) is 71.0 Å². The highest BCUT2D eigenvalue weighted by Crippen LogP contribution is 2.47. The molecular weight excluding hydrogens is 861 g/mol. The van der Waals surface area contributed by atoms with E-state index in [-0.39, 0.29) is 50.8 Å². The molecule has 4 aliphatic carbocycles. The van der Waals surface area contributed by atoms with Gasteiger partial charge < -0.3 is 53.6 Å². The minimum absolute atomic E-state index is 0.00650. The van der Waals surface area contributed by atoms with Gasteiger partial charge in [-0.3, -0.25) is 0 Å². The van der Waals surface area contributed by atoms with E-state index in [0.717, 1.165) is 44.9 Å². The van der Waals surface area contributed by atoms with Crippen LogP contribution in [0.15, 0.2) is 0 Å². The molecule has 4 N–H and O–H groups in total. The third-order valence-electron chi connectivity index (χ3n) is 14.8. The number of hydrogen-bond donors (Lipinski definition) is 4. The van der Waals surface area contributed by atoms with Gasteiger partial charge in [0.05, 0.1) is 25.9 Å². The molecule has 394 valence electrons. The number of aliphatic hydroxyl groups is 4. The van der Waals surface area contributed by atoms with Crippen LogP contribution in [0.4, 0.5) is 9.59 Å². The lowest BCUT2D eigenvalue weighted by atomic mass is 9.73. The summed E-state index contributed by atoms with van der Waals surface area (Å²) in [6.45, 7) is 29.8. The predicted octanol–water partition coefficient (Wildman–Crippen LogP) is 10.1. The van der Waals surface area contributed by atoms with Crippen molar-refractivity contribution >= 4 is 18.3 Å². The first-order chi connectivity index (χ1) is 31.4. The number of esters is 1. The van der Waals surface area contributed by atoms with Crippen molar-refractivity contribution in [3.8, 4) is 0 Å². The molecule has 5 fully saturated rings. The molecule has 1 saturated heterocycles. The molecule has 15 atom stereocenters. The van der Waals surface area contributed by atoms with E-state index >= 15 is 0 Å². The fraction of sp³-hybridized carbons (Fsp3) is 0.943. The standard InChI is InChI=1S/C14H26O4.C13H24O4.2C13H24O3/c1-9(2)12-6-5-10(3)7-13(12)18-14(16)17-8-11(4)15;1-9(2)11-5-4-10(3)8-12(11)17-13(15)16-7-6-14;1-9(2)12-5-4-10(3)6-13(12)15-8-11(7-14)16-13;1-8(2)11-6-5-9(3)7-12(11)16-13(15)10(4)14/h9-13,15H,5-8H2,1-4H3;9-12,14H,4-8H2,1-3H3;9-12,14H,4-8H2,1-3H3;8-12,14H,5-7H2,1-4H3/t10?,11?,12-,13+;10?,11-,12+;10?,11?,12-,13-;9?,10-,11+,12-/m0001/s1. The molecule has 0 aromatic heterocycles. The van der Waals surface area contributed by atoms with Crippen molar-refractivity contribution < 1.29 is 68.0 Å². The smallest absolute Gasteiger partial charge is 0.460 e. The lowest BCUT2D eigenvalue weighted by Crippen LogP contribution is -2.47. The normalized spacial score (nSPS) is 33.8. The molecule has 14 nitrogen and oxygen atoms in total. The molecule has 0 amide bonds. The van der Waals surface area contributed by atoms with E-state index < -0.39 is 36.3 Å². The molecule has 0 aromatic carbocycles. The van der Waals surface area contributed by atoms with Crippen molar-refractivity contribution in [2.45, 2.75) is 216 Å². The molecule has 1 aliphatic heterocycles. The lowest BCUT2D eigenvalue weighted by Gasteiger charge is -2.44. The van der Waals surface area contributed by atoms with Gasteiger partial charge in [0.2, 0.25) is 0 Å². The molecule has 5 aliphatic rings. The number of rotatable bonds is 13. The first-order valence-electron chi connectivity index (χ1n) is 26.2. The van der Waals surface area contributed by atoms with Crippen LogP contribution in [0.3, 0.4) is 0 Å². The second-order valence-electron chi connectivity index (χ2n) is 22.5. The summed E-state index contributed by atoms with van der Waals surface area (Å²) in [5.74, 6) is 5.45. The highest BCUT2D eigenvalue weighted by atomic mass is 16.8. The number of hydrogen-bond acceptors (Lipinski definition) is 14. The van der Waals surface area contributed by atoms with Crippen molar-refractivity contribution in [1.29, 1.82) is 0 Å². The second-order valence-corrected chi connectivity index (χ2v) is 22.5. The van der Waals surface area contributed by atoms with Crippen LogP contribution in [-0.4, -0.2) is 114 Å². The van der Waals surface area contributed by atoms with E-state index in [0.29, 0.717) is 77.6 Å². The van der Waals surface area contributed by atoms with E-state index in [2.05, 4.69) is 83.1 Å². The molecule has 4 saturated carbocycles. The van der Waals surface area contributed by atoms with E-state index in [1.807, 2.05) is 0 Å². The maximum atomic E-state index is 11.5. The first-order valence-corrected chi connectivity index (χ1v) is 26.2. The maximum absolute atomic E-state index is 11.5. The summed E-state index contributed by atoms with van der Waals surface area (Å²) < 4.78 is 37.8. The quantitative estimate of drug-likeness (QED) is 0.101. The Balaban J connectivity index is 0.000000307. The molecule has 67 heavy (non-hydrogen) atoms. The Morgan fingerprint density at radius 3 is 1.39 bits per heavy atom. The minimum Gasteiger partial charge on any atom is -0.460 e. The third-order valence-corrected chi connectivity index (χ3v) is 14.8. The van der Waals surface area contributed by atoms with Crippen LogP contribution >= 0.6 is 0 Å². The van der Waals surface area contributed by atoms with E-state index in [1.165, 1.54) is 39.0 Å². The van der Waals surface area contributed by atoms with Crippen LogP contribution in [0.5, 0.6) is 0 Å². The third kappa shape index (κ3) is 21.3. The topological polar surface area (TPSA) is 197 Å². The zero-order chi connectivity index (χ0) is 50.6. The van der Waals surface area contributed by atoms with Crippen molar-refractivity contribution in [2.24, 2.45) is 71.0 Å². The molecule has 14 heteroatoms. The summed E-state index contributed by atoms with van der Waals surface area (Å²) >= 11 is 0. The zero-order valence-corrected chi connectivity index (χ0v) is 44.3. The van der Waals surface area contributed by atoms with Gasteiger partial charge in [-0.05, 0) is 124 Å². The average Bonchev–Trinajstić information content (AvgIpc) is 3.64. The lowest BCUT2D eigenvalue weighted by molar-refractivity contribution is -0.240. The fourth-order valence-electron chi connectivity index (χ4n) is 10.9. The number of carbonyl (C=O) groups excluding carboxylic acids is 3. The van der Waals surface area contributed by atoms with E-state index in [9.17, 15) is 14.4 Å². The van der Waals surface area contributed by atoms with Crippen LogP contribution in [0.2, 0.25) is 0 Å².